The third-order valence-corrected chi connectivity index (χ3v) is 5.00. The Morgan fingerprint density at radius 3 is 2.82 bits per heavy atom. The molecule has 1 N–H and O–H groups in total. The normalized spacial score (nSPS) is 26.4. The van der Waals surface area contributed by atoms with E-state index < -0.39 is 0 Å². The van der Waals surface area contributed by atoms with Crippen molar-refractivity contribution in [3.05, 3.63) is 29.6 Å². The monoisotopic (exact) mass is 302 g/mol. The van der Waals surface area contributed by atoms with Crippen LogP contribution in [0.2, 0.25) is 0 Å². The van der Waals surface area contributed by atoms with Gasteiger partial charge in [-0.25, -0.2) is 0 Å². The predicted molar refractivity (Wildman–Crippen MR) is 86.5 cm³/mol. The van der Waals surface area contributed by atoms with E-state index in [2.05, 4.69) is 35.2 Å². The number of likely N-dealkylation sites (tertiary alicyclic amines) is 1. The van der Waals surface area contributed by atoms with E-state index in [-0.39, 0.29) is 11.9 Å². The van der Waals surface area contributed by atoms with Gasteiger partial charge in [-0.1, -0.05) is 11.6 Å². The number of nitrogens with one attached hydrogen (secondary N) is 1. The van der Waals surface area contributed by atoms with Crippen molar-refractivity contribution < 1.29 is 4.79 Å². The van der Waals surface area contributed by atoms with Crippen LogP contribution < -0.4 is 5.32 Å². The van der Waals surface area contributed by atoms with Crippen LogP contribution in [0.25, 0.3) is 0 Å². The summed E-state index contributed by atoms with van der Waals surface area (Å²) in [7, 11) is 1.81. The van der Waals surface area contributed by atoms with Crippen LogP contribution in [0.5, 0.6) is 0 Å². The average Bonchev–Trinajstić information content (AvgIpc) is 3.13. The molecule has 120 valence electrons. The van der Waals surface area contributed by atoms with Crippen molar-refractivity contribution in [2.45, 2.75) is 32.7 Å². The van der Waals surface area contributed by atoms with Gasteiger partial charge in [-0.15, -0.1) is 0 Å². The fraction of sp³-hybridized carbons (Fsp3) is 0.647. The first-order valence-corrected chi connectivity index (χ1v) is 8.21. The third-order valence-electron chi connectivity index (χ3n) is 5.00. The zero-order valence-corrected chi connectivity index (χ0v) is 13.7. The number of hydrogen-bond acceptors (Lipinski definition) is 3. The molecule has 2 atom stereocenters. The Labute approximate surface area is 132 Å². The lowest BCUT2D eigenvalue weighted by molar-refractivity contribution is 0.0918. The Morgan fingerprint density at radius 1 is 1.45 bits per heavy atom. The van der Waals surface area contributed by atoms with Gasteiger partial charge in [0.05, 0.1) is 0 Å². The quantitative estimate of drug-likeness (QED) is 0.844. The lowest BCUT2D eigenvalue weighted by atomic mass is 9.98. The van der Waals surface area contributed by atoms with Gasteiger partial charge in [0.2, 0.25) is 0 Å². The number of aryl methyl sites for hydroxylation is 1. The molecule has 1 aromatic rings. The molecule has 0 spiro atoms. The highest BCUT2D eigenvalue weighted by Crippen LogP contribution is 2.41. The maximum Gasteiger partial charge on any atom is 0.269 e. The van der Waals surface area contributed by atoms with E-state index in [0.29, 0.717) is 11.6 Å². The summed E-state index contributed by atoms with van der Waals surface area (Å²) in [5, 5.41) is 7.34. The molecule has 0 unspecified atom stereocenters. The van der Waals surface area contributed by atoms with Crippen molar-refractivity contribution in [2.75, 3.05) is 19.6 Å². The molecule has 1 aliphatic carbocycles. The molecule has 0 aromatic carbocycles. The van der Waals surface area contributed by atoms with Crippen molar-refractivity contribution >= 4 is 5.91 Å². The van der Waals surface area contributed by atoms with Crippen LogP contribution >= 0.6 is 0 Å². The van der Waals surface area contributed by atoms with Gasteiger partial charge in [0, 0.05) is 38.9 Å². The van der Waals surface area contributed by atoms with E-state index in [0.717, 1.165) is 25.6 Å². The van der Waals surface area contributed by atoms with Gasteiger partial charge >= 0.3 is 0 Å². The van der Waals surface area contributed by atoms with Crippen LogP contribution in [0.4, 0.5) is 0 Å². The minimum Gasteiger partial charge on any atom is -0.346 e. The molecule has 1 saturated carbocycles. The van der Waals surface area contributed by atoms with Crippen molar-refractivity contribution in [2.24, 2.45) is 18.9 Å². The van der Waals surface area contributed by atoms with E-state index in [9.17, 15) is 4.79 Å². The van der Waals surface area contributed by atoms with E-state index >= 15 is 0 Å². The lowest BCUT2D eigenvalue weighted by Crippen LogP contribution is -2.41. The highest BCUT2D eigenvalue weighted by molar-refractivity contribution is 5.92. The smallest absolute Gasteiger partial charge is 0.269 e. The summed E-state index contributed by atoms with van der Waals surface area (Å²) in [6.07, 6.45) is 6.48. The van der Waals surface area contributed by atoms with E-state index in [1.807, 2.05) is 7.05 Å². The van der Waals surface area contributed by atoms with E-state index in [4.69, 9.17) is 0 Å². The van der Waals surface area contributed by atoms with Crippen molar-refractivity contribution in [1.82, 2.24) is 20.0 Å². The second kappa shape index (κ2) is 6.24. The molecule has 0 radical (unpaired) electrons. The molecule has 2 heterocycles. The molecule has 5 heteroatoms. The SMILES string of the molecule is C/C=C(\C)CN1C[C@@H](NC(=O)c2ccnn2C)[C@H](C2CC2)C1. The fourth-order valence-corrected chi connectivity index (χ4v) is 3.48. The zero-order valence-electron chi connectivity index (χ0n) is 13.7. The fourth-order valence-electron chi connectivity index (χ4n) is 3.48. The van der Waals surface area contributed by atoms with E-state index in [1.165, 1.54) is 18.4 Å². The highest BCUT2D eigenvalue weighted by atomic mass is 16.2. The number of rotatable bonds is 5. The molecular weight excluding hydrogens is 276 g/mol. The van der Waals surface area contributed by atoms with Gasteiger partial charge in [0.25, 0.3) is 5.91 Å². The Kier molecular flexibility index (Phi) is 4.34. The van der Waals surface area contributed by atoms with Crippen LogP contribution in [0.1, 0.15) is 37.2 Å². The molecule has 2 fully saturated rings. The second-order valence-corrected chi connectivity index (χ2v) is 6.75. The van der Waals surface area contributed by atoms with Gasteiger partial charge in [-0.3, -0.25) is 14.4 Å². The predicted octanol–water partition coefficient (Wildman–Crippen LogP) is 1.83. The minimum absolute atomic E-state index is 0.000237. The third kappa shape index (κ3) is 3.24. The zero-order chi connectivity index (χ0) is 15.7. The highest BCUT2D eigenvalue weighted by Gasteiger charge is 2.43. The molecular formula is C17H26N4O. The molecule has 1 amide bonds. The Morgan fingerprint density at radius 2 is 2.23 bits per heavy atom. The molecule has 1 aromatic heterocycles. The standard InChI is InChI=1S/C17H26N4O/c1-4-12(2)9-21-10-14(13-5-6-13)15(11-21)19-17(22)16-7-8-18-20(16)3/h4,7-8,13-15H,5-6,9-11H2,1-3H3,(H,19,22)/b12-4+/t14-,15+/m0/s1. The summed E-state index contributed by atoms with van der Waals surface area (Å²) >= 11 is 0. The van der Waals surface area contributed by atoms with Crippen LogP contribution in [0.15, 0.2) is 23.9 Å². The summed E-state index contributed by atoms with van der Waals surface area (Å²) in [5.41, 5.74) is 2.03. The van der Waals surface area contributed by atoms with Crippen molar-refractivity contribution in [1.29, 1.82) is 0 Å². The minimum atomic E-state index is 0.000237. The first-order chi connectivity index (χ1) is 10.6. The van der Waals surface area contributed by atoms with Crippen LogP contribution in [-0.2, 0) is 7.05 Å². The Bertz CT molecular complexity index is 573. The second-order valence-electron chi connectivity index (χ2n) is 6.75. The summed E-state index contributed by atoms with van der Waals surface area (Å²) < 4.78 is 1.64. The van der Waals surface area contributed by atoms with Crippen molar-refractivity contribution in [3.63, 3.8) is 0 Å². The lowest BCUT2D eigenvalue weighted by Gasteiger charge is -2.19. The van der Waals surface area contributed by atoms with Gasteiger partial charge in [0.1, 0.15) is 5.69 Å². The Hall–Kier alpha value is -1.62. The number of allylic oxidation sites excluding steroid dienone is 1. The van der Waals surface area contributed by atoms with Gasteiger partial charge < -0.3 is 5.32 Å². The molecule has 0 bridgehead atoms. The largest absolute Gasteiger partial charge is 0.346 e. The van der Waals surface area contributed by atoms with Crippen LogP contribution in [0.3, 0.4) is 0 Å². The number of hydrogen-bond donors (Lipinski definition) is 1. The van der Waals surface area contributed by atoms with Crippen LogP contribution in [-0.4, -0.2) is 46.3 Å². The van der Waals surface area contributed by atoms with Crippen LogP contribution in [0, 0.1) is 11.8 Å². The molecule has 22 heavy (non-hydrogen) atoms. The van der Waals surface area contributed by atoms with Gasteiger partial charge in [0.15, 0.2) is 0 Å². The number of aromatic nitrogens is 2. The van der Waals surface area contributed by atoms with Gasteiger partial charge in [-0.2, -0.15) is 5.10 Å². The first kappa shape index (κ1) is 15.3. The first-order valence-electron chi connectivity index (χ1n) is 8.21. The number of carbonyl (C=O) groups is 1. The summed E-state index contributed by atoms with van der Waals surface area (Å²) in [6.45, 7) is 7.33. The molecule has 1 saturated heterocycles. The number of amides is 1. The molecule has 1 aliphatic heterocycles. The molecule has 5 nitrogen and oxygen atoms in total. The van der Waals surface area contributed by atoms with Crippen molar-refractivity contribution in [3.8, 4) is 0 Å². The summed E-state index contributed by atoms with van der Waals surface area (Å²) in [5.74, 6) is 1.40. The summed E-state index contributed by atoms with van der Waals surface area (Å²) in [6, 6.07) is 2.04. The van der Waals surface area contributed by atoms with Gasteiger partial charge in [-0.05, 0) is 44.6 Å². The summed E-state index contributed by atoms with van der Waals surface area (Å²) in [4.78, 5) is 14.9. The molecule has 2 aliphatic rings. The van der Waals surface area contributed by atoms with E-state index in [1.54, 1.807) is 16.9 Å². The average molecular weight is 302 g/mol. The molecule has 3 rings (SSSR count). The maximum atomic E-state index is 12.5. The topological polar surface area (TPSA) is 50.2 Å². The maximum absolute atomic E-state index is 12.5. The number of nitrogens with zero attached hydrogens (tertiary/aromatic N) is 3. The Balaban J connectivity index is 1.66. The number of carbonyl (C=O) groups excluding carboxylic acids is 1.